The van der Waals surface area contributed by atoms with Crippen LogP contribution in [0.4, 0.5) is 4.39 Å². The Morgan fingerprint density at radius 2 is 2.15 bits per heavy atom. The summed E-state index contributed by atoms with van der Waals surface area (Å²) in [4.78, 5) is 22.1. The van der Waals surface area contributed by atoms with E-state index >= 15 is 0 Å². The molecule has 1 aliphatic rings. The Morgan fingerprint density at radius 1 is 1.40 bits per heavy atom. The van der Waals surface area contributed by atoms with Gasteiger partial charge in [-0.15, -0.1) is 0 Å². The molecule has 1 saturated carbocycles. The standard InChI is InChI=1S/C15H16FNO3/c16-13-9-11(4-6-14(18)19)3-5-12(13)15(20)17-8-7-10-1-2-10/h3-6,9-10H,1-2,7-8H2,(H,17,20)(H,18,19). The van der Waals surface area contributed by atoms with Gasteiger partial charge in [0.25, 0.3) is 5.91 Å². The van der Waals surface area contributed by atoms with Gasteiger partial charge in [-0.05, 0) is 36.1 Å². The van der Waals surface area contributed by atoms with Crippen LogP contribution in [0.2, 0.25) is 0 Å². The second-order valence-electron chi connectivity index (χ2n) is 4.90. The highest BCUT2D eigenvalue weighted by atomic mass is 19.1. The molecule has 4 nitrogen and oxygen atoms in total. The first-order chi connectivity index (χ1) is 9.56. The molecule has 1 fully saturated rings. The fourth-order valence-corrected chi connectivity index (χ4v) is 1.88. The van der Waals surface area contributed by atoms with Crippen LogP contribution in [0.15, 0.2) is 24.3 Å². The van der Waals surface area contributed by atoms with Gasteiger partial charge in [0.15, 0.2) is 0 Å². The Morgan fingerprint density at radius 3 is 2.75 bits per heavy atom. The zero-order chi connectivity index (χ0) is 14.5. The molecule has 0 spiro atoms. The Bertz CT molecular complexity index is 550. The third-order valence-corrected chi connectivity index (χ3v) is 3.19. The Labute approximate surface area is 116 Å². The molecule has 0 radical (unpaired) electrons. The first-order valence-electron chi connectivity index (χ1n) is 6.55. The van der Waals surface area contributed by atoms with Gasteiger partial charge in [-0.2, -0.15) is 0 Å². The van der Waals surface area contributed by atoms with Crippen molar-refractivity contribution in [2.24, 2.45) is 5.92 Å². The molecule has 20 heavy (non-hydrogen) atoms. The number of carboxylic acid groups (broad SMARTS) is 1. The van der Waals surface area contributed by atoms with Gasteiger partial charge in [-0.3, -0.25) is 4.79 Å². The van der Waals surface area contributed by atoms with Crippen LogP contribution >= 0.6 is 0 Å². The molecular weight excluding hydrogens is 261 g/mol. The van der Waals surface area contributed by atoms with Gasteiger partial charge in [0.2, 0.25) is 0 Å². The highest BCUT2D eigenvalue weighted by molar-refractivity contribution is 5.94. The van der Waals surface area contributed by atoms with E-state index < -0.39 is 17.7 Å². The molecule has 1 aromatic rings. The van der Waals surface area contributed by atoms with Crippen molar-refractivity contribution in [2.75, 3.05) is 6.54 Å². The average Bonchev–Trinajstić information content (AvgIpc) is 3.20. The van der Waals surface area contributed by atoms with Crippen molar-refractivity contribution in [3.05, 3.63) is 41.2 Å². The lowest BCUT2D eigenvalue weighted by Crippen LogP contribution is -2.25. The van der Waals surface area contributed by atoms with Gasteiger partial charge in [-0.25, -0.2) is 9.18 Å². The van der Waals surface area contributed by atoms with Crippen molar-refractivity contribution < 1.29 is 19.1 Å². The van der Waals surface area contributed by atoms with Crippen LogP contribution in [-0.4, -0.2) is 23.5 Å². The van der Waals surface area contributed by atoms with E-state index in [1.807, 2.05) is 0 Å². The summed E-state index contributed by atoms with van der Waals surface area (Å²) >= 11 is 0. The number of hydrogen-bond acceptors (Lipinski definition) is 2. The van der Waals surface area contributed by atoms with Crippen molar-refractivity contribution in [2.45, 2.75) is 19.3 Å². The number of amides is 1. The number of halogens is 1. The first-order valence-corrected chi connectivity index (χ1v) is 6.55. The van der Waals surface area contributed by atoms with Crippen molar-refractivity contribution in [3.63, 3.8) is 0 Å². The fourth-order valence-electron chi connectivity index (χ4n) is 1.88. The molecule has 0 heterocycles. The molecule has 0 bridgehead atoms. The van der Waals surface area contributed by atoms with Gasteiger partial charge in [0.1, 0.15) is 5.82 Å². The molecule has 0 unspecified atom stereocenters. The van der Waals surface area contributed by atoms with Crippen LogP contribution in [0.25, 0.3) is 6.08 Å². The Balaban J connectivity index is 1.96. The van der Waals surface area contributed by atoms with Crippen molar-refractivity contribution in [1.82, 2.24) is 5.32 Å². The maximum atomic E-state index is 13.8. The SMILES string of the molecule is O=C(O)C=Cc1ccc(C(=O)NCCC2CC2)c(F)c1. The second kappa shape index (κ2) is 6.32. The topological polar surface area (TPSA) is 66.4 Å². The van der Waals surface area contributed by atoms with Crippen molar-refractivity contribution >= 4 is 18.0 Å². The van der Waals surface area contributed by atoms with E-state index in [2.05, 4.69) is 5.32 Å². The summed E-state index contributed by atoms with van der Waals surface area (Å²) in [7, 11) is 0. The van der Waals surface area contributed by atoms with Crippen LogP contribution in [0.5, 0.6) is 0 Å². The molecule has 1 aromatic carbocycles. The van der Waals surface area contributed by atoms with Gasteiger partial charge in [-0.1, -0.05) is 18.9 Å². The van der Waals surface area contributed by atoms with E-state index in [1.165, 1.54) is 31.1 Å². The van der Waals surface area contributed by atoms with Crippen LogP contribution < -0.4 is 5.32 Å². The summed E-state index contributed by atoms with van der Waals surface area (Å²) < 4.78 is 13.8. The lowest BCUT2D eigenvalue weighted by atomic mass is 10.1. The van der Waals surface area contributed by atoms with E-state index in [0.29, 0.717) is 18.0 Å². The summed E-state index contributed by atoms with van der Waals surface area (Å²) in [5.74, 6) is -1.48. The van der Waals surface area contributed by atoms with Gasteiger partial charge in [0.05, 0.1) is 5.56 Å². The minimum absolute atomic E-state index is 0.0201. The molecule has 2 rings (SSSR count). The first kappa shape index (κ1) is 14.2. The molecule has 0 aliphatic heterocycles. The molecule has 5 heteroatoms. The number of benzene rings is 1. The number of aliphatic carboxylic acids is 1. The Kier molecular flexibility index (Phi) is 4.50. The zero-order valence-corrected chi connectivity index (χ0v) is 10.9. The number of nitrogens with one attached hydrogen (secondary N) is 1. The molecule has 106 valence electrons. The smallest absolute Gasteiger partial charge is 0.328 e. The predicted molar refractivity (Wildman–Crippen MR) is 72.7 cm³/mol. The van der Waals surface area contributed by atoms with Crippen LogP contribution in [-0.2, 0) is 4.79 Å². The summed E-state index contributed by atoms with van der Waals surface area (Å²) in [6.45, 7) is 0.559. The molecule has 1 amide bonds. The van der Waals surface area contributed by atoms with Gasteiger partial charge < -0.3 is 10.4 Å². The molecule has 0 saturated heterocycles. The Hall–Kier alpha value is -2.17. The molecule has 0 atom stereocenters. The maximum absolute atomic E-state index is 13.8. The highest BCUT2D eigenvalue weighted by Crippen LogP contribution is 2.31. The number of hydrogen-bond donors (Lipinski definition) is 2. The van der Waals surface area contributed by atoms with Crippen molar-refractivity contribution in [3.8, 4) is 0 Å². The van der Waals surface area contributed by atoms with E-state index in [1.54, 1.807) is 0 Å². The number of carbonyl (C=O) groups is 2. The molecule has 2 N–H and O–H groups in total. The quantitative estimate of drug-likeness (QED) is 0.785. The normalized spacial score (nSPS) is 14.4. The van der Waals surface area contributed by atoms with E-state index in [4.69, 9.17) is 5.11 Å². The summed E-state index contributed by atoms with van der Waals surface area (Å²) in [5.41, 5.74) is 0.382. The number of carbonyl (C=O) groups excluding carboxylic acids is 1. The molecule has 0 aromatic heterocycles. The fraction of sp³-hybridized carbons (Fsp3) is 0.333. The predicted octanol–water partition coefficient (Wildman–Crippen LogP) is 2.45. The van der Waals surface area contributed by atoms with E-state index in [-0.39, 0.29) is 5.56 Å². The average molecular weight is 277 g/mol. The van der Waals surface area contributed by atoms with E-state index in [9.17, 15) is 14.0 Å². The molecule has 1 aliphatic carbocycles. The summed E-state index contributed by atoms with van der Waals surface area (Å²) in [6.07, 6.45) is 5.57. The summed E-state index contributed by atoms with van der Waals surface area (Å²) in [5, 5.41) is 11.2. The van der Waals surface area contributed by atoms with Crippen LogP contribution in [0.1, 0.15) is 35.2 Å². The highest BCUT2D eigenvalue weighted by Gasteiger charge is 2.21. The second-order valence-corrected chi connectivity index (χ2v) is 4.90. The lowest BCUT2D eigenvalue weighted by molar-refractivity contribution is -0.131. The minimum atomic E-state index is -1.10. The maximum Gasteiger partial charge on any atom is 0.328 e. The van der Waals surface area contributed by atoms with Gasteiger partial charge in [0, 0.05) is 12.6 Å². The summed E-state index contributed by atoms with van der Waals surface area (Å²) in [6, 6.07) is 4.02. The third-order valence-electron chi connectivity index (χ3n) is 3.19. The number of rotatable bonds is 6. The van der Waals surface area contributed by atoms with Crippen LogP contribution in [0, 0.1) is 11.7 Å². The van der Waals surface area contributed by atoms with E-state index in [0.717, 1.165) is 18.6 Å². The van der Waals surface area contributed by atoms with Crippen LogP contribution in [0.3, 0.4) is 0 Å². The largest absolute Gasteiger partial charge is 0.478 e. The minimum Gasteiger partial charge on any atom is -0.478 e. The lowest BCUT2D eigenvalue weighted by Gasteiger charge is -2.06. The van der Waals surface area contributed by atoms with Gasteiger partial charge >= 0.3 is 5.97 Å². The molecular formula is C15H16FNO3. The number of carboxylic acids is 1. The third kappa shape index (κ3) is 4.19. The monoisotopic (exact) mass is 277 g/mol. The zero-order valence-electron chi connectivity index (χ0n) is 10.9. The van der Waals surface area contributed by atoms with Crippen molar-refractivity contribution in [1.29, 1.82) is 0 Å².